The Balaban J connectivity index is 1.61. The summed E-state index contributed by atoms with van der Waals surface area (Å²) in [6.45, 7) is 5.40. The zero-order valence-electron chi connectivity index (χ0n) is 12.6. The highest BCUT2D eigenvalue weighted by Gasteiger charge is 2.66. The second kappa shape index (κ2) is 4.66. The SMILES string of the molecule is CC(C)(CN[C@@H]1[C@H]2CCO[C@@H]2C12CCC2)NS(C)(=O)=O. The smallest absolute Gasteiger partial charge is 0.209 e. The standard InChI is InChI=1S/C14H26N2O3S/c1-13(2,16-20(3,17)18)9-15-11-10-5-8-19-12(10)14(11)6-4-7-14/h10-12,15-16H,4-9H2,1-3H3/t10-,11-,12+/m1/s1. The molecule has 0 amide bonds. The van der Waals surface area contributed by atoms with E-state index in [0.717, 1.165) is 13.0 Å². The molecule has 3 atom stereocenters. The number of nitrogens with one attached hydrogen (secondary N) is 2. The Bertz CT molecular complexity index is 485. The first-order chi connectivity index (χ1) is 9.24. The van der Waals surface area contributed by atoms with Crippen LogP contribution >= 0.6 is 0 Å². The minimum absolute atomic E-state index is 0.350. The van der Waals surface area contributed by atoms with Crippen LogP contribution in [0.2, 0.25) is 0 Å². The summed E-state index contributed by atoms with van der Waals surface area (Å²) in [6, 6.07) is 0.504. The predicted octanol–water partition coefficient (Wildman–Crippen LogP) is 0.861. The summed E-state index contributed by atoms with van der Waals surface area (Å²) in [7, 11) is -3.17. The van der Waals surface area contributed by atoms with Gasteiger partial charge in [0.15, 0.2) is 0 Å². The average Bonchev–Trinajstić information content (AvgIpc) is 2.57. The molecule has 0 aromatic rings. The normalized spacial score (nSPS) is 35.5. The predicted molar refractivity (Wildman–Crippen MR) is 78.0 cm³/mol. The molecule has 0 radical (unpaired) electrons. The minimum atomic E-state index is -3.17. The molecule has 3 rings (SSSR count). The van der Waals surface area contributed by atoms with Crippen LogP contribution in [0.25, 0.3) is 0 Å². The molecule has 5 nitrogen and oxygen atoms in total. The summed E-state index contributed by atoms with van der Waals surface area (Å²) in [5, 5.41) is 3.64. The molecular formula is C14H26N2O3S. The van der Waals surface area contributed by atoms with E-state index in [1.807, 2.05) is 13.8 Å². The summed E-state index contributed by atoms with van der Waals surface area (Å²) < 4.78 is 31.4. The third-order valence-electron chi connectivity index (χ3n) is 5.26. The molecule has 0 aromatic carbocycles. The Labute approximate surface area is 121 Å². The van der Waals surface area contributed by atoms with Crippen LogP contribution in [0.15, 0.2) is 0 Å². The Morgan fingerprint density at radius 3 is 2.60 bits per heavy atom. The summed E-state index contributed by atoms with van der Waals surface area (Å²) in [5.41, 5.74) is -0.106. The number of sulfonamides is 1. The molecule has 1 spiro atoms. The van der Waals surface area contributed by atoms with Gasteiger partial charge in [0, 0.05) is 36.1 Å². The van der Waals surface area contributed by atoms with Gasteiger partial charge in [-0.05, 0) is 33.1 Å². The first-order valence-corrected chi connectivity index (χ1v) is 9.47. The zero-order chi connectivity index (χ0) is 14.6. The van der Waals surface area contributed by atoms with Crippen molar-refractivity contribution >= 4 is 10.0 Å². The van der Waals surface area contributed by atoms with Crippen LogP contribution in [-0.2, 0) is 14.8 Å². The van der Waals surface area contributed by atoms with Gasteiger partial charge in [0.1, 0.15) is 0 Å². The maximum atomic E-state index is 11.4. The van der Waals surface area contributed by atoms with E-state index in [-0.39, 0.29) is 0 Å². The molecule has 116 valence electrons. The third kappa shape index (κ3) is 2.40. The van der Waals surface area contributed by atoms with E-state index in [4.69, 9.17) is 4.74 Å². The highest BCUT2D eigenvalue weighted by molar-refractivity contribution is 7.88. The molecular weight excluding hydrogens is 276 g/mol. The van der Waals surface area contributed by atoms with E-state index in [2.05, 4.69) is 10.0 Å². The first kappa shape index (κ1) is 14.8. The van der Waals surface area contributed by atoms with E-state index in [9.17, 15) is 8.42 Å². The van der Waals surface area contributed by atoms with Crippen molar-refractivity contribution in [1.82, 2.24) is 10.0 Å². The second-order valence-corrected chi connectivity index (χ2v) is 9.20. The van der Waals surface area contributed by atoms with E-state index >= 15 is 0 Å². The van der Waals surface area contributed by atoms with Crippen molar-refractivity contribution in [3.63, 3.8) is 0 Å². The van der Waals surface area contributed by atoms with Gasteiger partial charge >= 0.3 is 0 Å². The fourth-order valence-electron chi connectivity index (χ4n) is 4.46. The lowest BCUT2D eigenvalue weighted by Crippen LogP contribution is -2.72. The van der Waals surface area contributed by atoms with Crippen LogP contribution in [0.3, 0.4) is 0 Å². The maximum Gasteiger partial charge on any atom is 0.209 e. The van der Waals surface area contributed by atoms with E-state index in [0.29, 0.717) is 30.0 Å². The molecule has 1 heterocycles. The minimum Gasteiger partial charge on any atom is -0.377 e. The molecule has 2 saturated carbocycles. The van der Waals surface area contributed by atoms with Crippen molar-refractivity contribution < 1.29 is 13.2 Å². The molecule has 2 aliphatic carbocycles. The third-order valence-corrected chi connectivity index (χ3v) is 6.19. The van der Waals surface area contributed by atoms with Gasteiger partial charge < -0.3 is 10.1 Å². The fraction of sp³-hybridized carbons (Fsp3) is 1.00. The molecule has 0 unspecified atom stereocenters. The Kier molecular flexibility index (Phi) is 3.44. The number of ether oxygens (including phenoxy) is 1. The summed E-state index contributed by atoms with van der Waals surface area (Å²) >= 11 is 0. The van der Waals surface area contributed by atoms with Crippen LogP contribution in [0, 0.1) is 11.3 Å². The van der Waals surface area contributed by atoms with Crippen molar-refractivity contribution in [2.45, 2.75) is 57.2 Å². The first-order valence-electron chi connectivity index (χ1n) is 7.58. The quantitative estimate of drug-likeness (QED) is 0.790. The van der Waals surface area contributed by atoms with E-state index < -0.39 is 15.6 Å². The highest BCUT2D eigenvalue weighted by atomic mass is 32.2. The lowest BCUT2D eigenvalue weighted by Gasteiger charge is -2.63. The largest absolute Gasteiger partial charge is 0.377 e. The van der Waals surface area contributed by atoms with Crippen LogP contribution in [0.4, 0.5) is 0 Å². The van der Waals surface area contributed by atoms with Crippen LogP contribution in [0.1, 0.15) is 39.5 Å². The van der Waals surface area contributed by atoms with Gasteiger partial charge in [-0.25, -0.2) is 13.1 Å². The van der Waals surface area contributed by atoms with Crippen molar-refractivity contribution in [1.29, 1.82) is 0 Å². The molecule has 1 aliphatic heterocycles. The van der Waals surface area contributed by atoms with Crippen molar-refractivity contribution in [3.05, 3.63) is 0 Å². The van der Waals surface area contributed by atoms with Crippen LogP contribution in [0.5, 0.6) is 0 Å². The number of rotatable bonds is 5. The Hall–Kier alpha value is -0.170. The number of hydrogen-bond donors (Lipinski definition) is 2. The molecule has 20 heavy (non-hydrogen) atoms. The molecule has 3 aliphatic rings. The monoisotopic (exact) mass is 302 g/mol. The lowest BCUT2D eigenvalue weighted by molar-refractivity contribution is -0.176. The molecule has 2 N–H and O–H groups in total. The molecule has 6 heteroatoms. The average molecular weight is 302 g/mol. The van der Waals surface area contributed by atoms with Gasteiger partial charge in [-0.1, -0.05) is 6.42 Å². The second-order valence-electron chi connectivity index (χ2n) is 7.45. The summed E-state index contributed by atoms with van der Waals surface area (Å²) in [4.78, 5) is 0. The van der Waals surface area contributed by atoms with E-state index in [1.165, 1.54) is 25.5 Å². The number of hydrogen-bond acceptors (Lipinski definition) is 4. The van der Waals surface area contributed by atoms with Crippen molar-refractivity contribution in [3.8, 4) is 0 Å². The fourth-order valence-corrected chi connectivity index (χ4v) is 5.54. The van der Waals surface area contributed by atoms with Crippen molar-refractivity contribution in [2.75, 3.05) is 19.4 Å². The van der Waals surface area contributed by atoms with Gasteiger partial charge in [0.05, 0.1) is 12.4 Å². The van der Waals surface area contributed by atoms with Crippen molar-refractivity contribution in [2.24, 2.45) is 11.3 Å². The summed E-state index contributed by atoms with van der Waals surface area (Å²) in [5.74, 6) is 0.629. The molecule has 0 bridgehead atoms. The highest BCUT2D eigenvalue weighted by Crippen LogP contribution is 2.62. The van der Waals surface area contributed by atoms with Gasteiger partial charge in [0.25, 0.3) is 0 Å². The maximum absolute atomic E-state index is 11.4. The molecule has 3 fully saturated rings. The van der Waals surface area contributed by atoms with Gasteiger partial charge in [0.2, 0.25) is 10.0 Å². The number of fused-ring (bicyclic) bond motifs is 2. The van der Waals surface area contributed by atoms with Crippen LogP contribution in [-0.4, -0.2) is 45.5 Å². The van der Waals surface area contributed by atoms with Gasteiger partial charge in [-0.15, -0.1) is 0 Å². The summed E-state index contributed by atoms with van der Waals surface area (Å²) in [6.07, 6.45) is 6.63. The molecule has 0 aromatic heterocycles. The Morgan fingerprint density at radius 2 is 2.05 bits per heavy atom. The van der Waals surface area contributed by atoms with Gasteiger partial charge in [-0.2, -0.15) is 0 Å². The van der Waals surface area contributed by atoms with Gasteiger partial charge in [-0.3, -0.25) is 0 Å². The van der Waals surface area contributed by atoms with E-state index in [1.54, 1.807) is 0 Å². The van der Waals surface area contributed by atoms with Crippen LogP contribution < -0.4 is 10.0 Å². The Morgan fingerprint density at radius 1 is 1.35 bits per heavy atom. The molecule has 1 saturated heterocycles. The lowest BCUT2D eigenvalue weighted by atomic mass is 9.46. The zero-order valence-corrected chi connectivity index (χ0v) is 13.4. The topological polar surface area (TPSA) is 67.4 Å².